The first-order chi connectivity index (χ1) is 13.3. The summed E-state index contributed by atoms with van der Waals surface area (Å²) in [6.07, 6.45) is 3.91. The quantitative estimate of drug-likeness (QED) is 0.819. The van der Waals surface area contributed by atoms with Crippen molar-refractivity contribution in [2.75, 3.05) is 40.3 Å². The summed E-state index contributed by atoms with van der Waals surface area (Å²) in [4.78, 5) is 13.2. The number of aryl methyl sites for hydroxylation is 2. The van der Waals surface area contributed by atoms with Gasteiger partial charge in [-0.3, -0.25) is 9.97 Å². The fraction of sp³-hybridized carbons (Fsp3) is 0.545. The van der Waals surface area contributed by atoms with E-state index in [4.69, 9.17) is 11.5 Å². The van der Waals surface area contributed by atoms with Gasteiger partial charge in [0.25, 0.3) is 0 Å². The predicted octanol–water partition coefficient (Wildman–Crippen LogP) is 1.49. The summed E-state index contributed by atoms with van der Waals surface area (Å²) in [5.41, 5.74) is 16.8. The van der Waals surface area contributed by atoms with Gasteiger partial charge in [0, 0.05) is 73.9 Å². The van der Waals surface area contributed by atoms with Gasteiger partial charge < -0.3 is 21.3 Å². The highest BCUT2D eigenvalue weighted by Gasteiger charge is 2.29. The van der Waals surface area contributed by atoms with E-state index in [-0.39, 0.29) is 12.1 Å². The third-order valence-electron chi connectivity index (χ3n) is 5.82. The maximum atomic E-state index is 6.07. The zero-order chi connectivity index (χ0) is 20.3. The second kappa shape index (κ2) is 9.09. The summed E-state index contributed by atoms with van der Waals surface area (Å²) in [6.45, 7) is 8.07. The topological polar surface area (TPSA) is 84.3 Å². The van der Waals surface area contributed by atoms with Crippen molar-refractivity contribution in [3.63, 3.8) is 0 Å². The van der Waals surface area contributed by atoms with Crippen molar-refractivity contribution in [2.45, 2.75) is 37.8 Å². The lowest BCUT2D eigenvalue weighted by atomic mass is 9.96. The van der Waals surface area contributed by atoms with Crippen LogP contribution in [-0.4, -0.2) is 72.1 Å². The maximum Gasteiger partial charge on any atom is 0.0372 e. The molecule has 0 radical (unpaired) electrons. The number of aromatic nitrogens is 2. The molecular formula is C22H34N6. The van der Waals surface area contributed by atoms with Gasteiger partial charge >= 0.3 is 0 Å². The fourth-order valence-electron chi connectivity index (χ4n) is 4.17. The van der Waals surface area contributed by atoms with Crippen molar-refractivity contribution in [1.29, 1.82) is 0 Å². The van der Waals surface area contributed by atoms with Crippen LogP contribution in [-0.2, 0) is 0 Å². The first-order valence-electron chi connectivity index (χ1n) is 10.1. The van der Waals surface area contributed by atoms with Gasteiger partial charge in [-0.25, -0.2) is 0 Å². The van der Waals surface area contributed by atoms with Crippen LogP contribution in [0.2, 0.25) is 0 Å². The van der Waals surface area contributed by atoms with Crippen molar-refractivity contribution in [2.24, 2.45) is 11.5 Å². The molecule has 28 heavy (non-hydrogen) atoms. The molecule has 0 amide bonds. The number of rotatable bonds is 2. The van der Waals surface area contributed by atoms with E-state index in [0.717, 1.165) is 37.6 Å². The van der Waals surface area contributed by atoms with Crippen LogP contribution >= 0.6 is 0 Å². The highest BCUT2D eigenvalue weighted by Crippen LogP contribution is 2.25. The molecular weight excluding hydrogens is 348 g/mol. The number of nitrogens with two attached hydrogens (primary N) is 2. The van der Waals surface area contributed by atoms with E-state index in [9.17, 15) is 0 Å². The van der Waals surface area contributed by atoms with Crippen LogP contribution in [0.1, 0.15) is 34.4 Å². The molecule has 152 valence electrons. The van der Waals surface area contributed by atoms with E-state index in [0.29, 0.717) is 11.8 Å². The molecule has 2 aliphatic rings. The van der Waals surface area contributed by atoms with Crippen LogP contribution in [0.4, 0.5) is 0 Å². The van der Waals surface area contributed by atoms with Gasteiger partial charge in [0.05, 0.1) is 0 Å². The number of nitrogens with zero attached hydrogens (tertiary/aromatic N) is 4. The smallest absolute Gasteiger partial charge is 0.0372 e. The zero-order valence-corrected chi connectivity index (χ0v) is 17.5. The lowest BCUT2D eigenvalue weighted by Crippen LogP contribution is -2.27. The van der Waals surface area contributed by atoms with E-state index in [1.165, 1.54) is 11.1 Å². The number of likely N-dealkylation sites (tertiary alicyclic amines) is 2. The van der Waals surface area contributed by atoms with Crippen molar-refractivity contribution in [1.82, 2.24) is 19.8 Å². The van der Waals surface area contributed by atoms with Crippen LogP contribution in [0.3, 0.4) is 0 Å². The Morgan fingerprint density at radius 3 is 1.36 bits per heavy atom. The third-order valence-corrected chi connectivity index (χ3v) is 5.82. The Hall–Kier alpha value is -1.86. The second-order valence-corrected chi connectivity index (χ2v) is 8.45. The number of likely N-dealkylation sites (N-methyl/N-ethyl adjacent to an activating group) is 2. The van der Waals surface area contributed by atoms with Crippen molar-refractivity contribution >= 4 is 0 Å². The second-order valence-electron chi connectivity index (χ2n) is 8.45. The van der Waals surface area contributed by atoms with Crippen LogP contribution < -0.4 is 11.5 Å². The molecule has 2 saturated heterocycles. The minimum atomic E-state index is 0.254. The van der Waals surface area contributed by atoms with Gasteiger partial charge in [0.1, 0.15) is 0 Å². The van der Waals surface area contributed by atoms with Crippen molar-refractivity contribution in [3.05, 3.63) is 59.2 Å². The molecule has 6 nitrogen and oxygen atoms in total. The van der Waals surface area contributed by atoms with Gasteiger partial charge in [0.2, 0.25) is 0 Å². The molecule has 2 fully saturated rings. The normalized spacial score (nSPS) is 28.2. The monoisotopic (exact) mass is 382 g/mol. The van der Waals surface area contributed by atoms with Crippen LogP contribution in [0.25, 0.3) is 0 Å². The molecule has 4 rings (SSSR count). The summed E-state index contributed by atoms with van der Waals surface area (Å²) < 4.78 is 0. The van der Waals surface area contributed by atoms with Gasteiger partial charge in [-0.15, -0.1) is 0 Å². The molecule has 0 bridgehead atoms. The van der Waals surface area contributed by atoms with E-state index in [1.54, 1.807) is 0 Å². The number of pyridine rings is 2. The minimum Gasteiger partial charge on any atom is -0.326 e. The highest BCUT2D eigenvalue weighted by molar-refractivity contribution is 5.22. The van der Waals surface area contributed by atoms with Crippen molar-refractivity contribution in [3.8, 4) is 0 Å². The van der Waals surface area contributed by atoms with Gasteiger partial charge in [-0.05, 0) is 51.2 Å². The van der Waals surface area contributed by atoms with Gasteiger partial charge in [-0.2, -0.15) is 0 Å². The van der Waals surface area contributed by atoms with Gasteiger partial charge in [-0.1, -0.05) is 12.1 Å². The van der Waals surface area contributed by atoms with Crippen LogP contribution in [0.15, 0.2) is 36.7 Å². The van der Waals surface area contributed by atoms with E-state index < -0.39 is 0 Å². The average Bonchev–Trinajstić information content (AvgIpc) is 3.17. The lowest BCUT2D eigenvalue weighted by molar-refractivity contribution is 0.407. The molecule has 4 heterocycles. The van der Waals surface area contributed by atoms with Crippen molar-refractivity contribution < 1.29 is 0 Å². The van der Waals surface area contributed by atoms with E-state index in [1.807, 2.05) is 26.2 Å². The Kier molecular flexibility index (Phi) is 6.78. The molecule has 0 aromatic carbocycles. The Bertz CT molecular complexity index is 679. The Morgan fingerprint density at radius 2 is 1.11 bits per heavy atom. The Balaban J connectivity index is 0.000000161. The maximum absolute atomic E-state index is 6.07. The molecule has 4 atom stereocenters. The molecule has 6 heteroatoms. The molecule has 0 saturated carbocycles. The zero-order valence-electron chi connectivity index (χ0n) is 17.5. The molecule has 0 spiro atoms. The first-order valence-corrected chi connectivity index (χ1v) is 10.1. The SMILES string of the molecule is Cc1ccc([C@@H]2CN(C)C[C@H]2N)cn1.Cc1ccc([C@H]2CN(C)C[C@@H]2N)cn1. The van der Waals surface area contributed by atoms with Crippen LogP contribution in [0.5, 0.6) is 0 Å². The summed E-state index contributed by atoms with van der Waals surface area (Å²) in [6, 6.07) is 8.91. The Labute approximate surface area is 169 Å². The predicted molar refractivity (Wildman–Crippen MR) is 114 cm³/mol. The number of hydrogen-bond donors (Lipinski definition) is 2. The summed E-state index contributed by atoms with van der Waals surface area (Å²) >= 11 is 0. The summed E-state index contributed by atoms with van der Waals surface area (Å²) in [7, 11) is 4.23. The van der Waals surface area contributed by atoms with Gasteiger partial charge in [0.15, 0.2) is 0 Å². The summed E-state index contributed by atoms with van der Waals surface area (Å²) in [5.74, 6) is 0.904. The molecule has 2 aromatic heterocycles. The highest BCUT2D eigenvalue weighted by atomic mass is 15.2. The largest absolute Gasteiger partial charge is 0.326 e. The minimum absolute atomic E-state index is 0.254. The lowest BCUT2D eigenvalue weighted by Gasteiger charge is -2.13. The molecule has 2 aliphatic heterocycles. The molecule has 0 aliphatic carbocycles. The number of hydrogen-bond acceptors (Lipinski definition) is 6. The molecule has 4 N–H and O–H groups in total. The van der Waals surface area contributed by atoms with Crippen LogP contribution in [0, 0.1) is 13.8 Å². The summed E-state index contributed by atoms with van der Waals surface area (Å²) in [5, 5.41) is 0. The molecule has 0 unspecified atom stereocenters. The fourth-order valence-corrected chi connectivity index (χ4v) is 4.17. The van der Waals surface area contributed by atoms with E-state index in [2.05, 4.69) is 58.1 Å². The first kappa shape index (κ1) is 20.9. The molecule has 2 aromatic rings. The standard InChI is InChI=1S/2C11H17N3/c2*1-8-3-4-9(5-13-8)10-6-14(2)7-11(10)12/h2*3-5,10-11H,6-7,12H2,1-2H3/t2*10-,11+/m10/s1. The third kappa shape index (κ3) is 5.14. The average molecular weight is 383 g/mol. The van der Waals surface area contributed by atoms with E-state index >= 15 is 0 Å². The Morgan fingerprint density at radius 1 is 0.714 bits per heavy atom.